The molecule has 29 heavy (non-hydrogen) atoms. The minimum atomic E-state index is -1.59. The van der Waals surface area contributed by atoms with Gasteiger partial charge in [0.25, 0.3) is 0 Å². The first kappa shape index (κ1) is 19.4. The Morgan fingerprint density at radius 3 is 2.07 bits per heavy atom. The van der Waals surface area contributed by atoms with E-state index in [2.05, 4.69) is 0 Å². The fraction of sp³-hybridized carbons (Fsp3) is 0.167. The molecule has 5 heteroatoms. The number of fused-ring (bicyclic) bond motifs is 1. The first-order chi connectivity index (χ1) is 13.9. The van der Waals surface area contributed by atoms with Crippen LogP contribution in [0.15, 0.2) is 48.5 Å². The number of benzene rings is 3. The summed E-state index contributed by atoms with van der Waals surface area (Å²) in [5.41, 5.74) is 3.54. The predicted octanol–water partition coefficient (Wildman–Crippen LogP) is 6.79. The summed E-state index contributed by atoms with van der Waals surface area (Å²) in [5, 5.41) is 0. The van der Waals surface area contributed by atoms with Gasteiger partial charge in [-0.2, -0.15) is 0 Å². The van der Waals surface area contributed by atoms with E-state index < -0.39 is 23.3 Å². The zero-order valence-corrected chi connectivity index (χ0v) is 15.6. The molecule has 1 aliphatic rings. The van der Waals surface area contributed by atoms with Gasteiger partial charge in [-0.05, 0) is 77.4 Å². The normalized spacial score (nSPS) is 13.2. The van der Waals surface area contributed by atoms with Gasteiger partial charge in [0, 0.05) is 11.1 Å². The molecule has 0 atom stereocenters. The maximum absolute atomic E-state index is 14.7. The van der Waals surface area contributed by atoms with Crippen LogP contribution >= 0.6 is 0 Å². The maximum Gasteiger partial charge on any atom is 0.194 e. The second kappa shape index (κ2) is 7.47. The first-order valence-electron chi connectivity index (χ1n) is 9.31. The maximum atomic E-state index is 14.7. The second-order valence-corrected chi connectivity index (χ2v) is 7.13. The summed E-state index contributed by atoms with van der Waals surface area (Å²) >= 11 is 0. The van der Waals surface area contributed by atoms with Crippen LogP contribution in [0.2, 0.25) is 0 Å². The van der Waals surface area contributed by atoms with E-state index in [-0.39, 0.29) is 16.9 Å². The van der Waals surface area contributed by atoms with E-state index in [0.717, 1.165) is 35.3 Å². The molecule has 4 rings (SSSR count). The third-order valence-electron chi connectivity index (χ3n) is 5.32. The van der Waals surface area contributed by atoms with Gasteiger partial charge in [-0.1, -0.05) is 25.1 Å². The molecule has 0 spiro atoms. The average molecular weight is 400 g/mol. The van der Waals surface area contributed by atoms with Crippen molar-refractivity contribution in [1.29, 1.82) is 0 Å². The Morgan fingerprint density at radius 2 is 1.41 bits per heavy atom. The Labute approximate surface area is 165 Å². The van der Waals surface area contributed by atoms with E-state index >= 15 is 0 Å². The number of rotatable bonds is 3. The second-order valence-electron chi connectivity index (χ2n) is 7.13. The van der Waals surface area contributed by atoms with Gasteiger partial charge in [-0.3, -0.25) is 0 Å². The van der Waals surface area contributed by atoms with Gasteiger partial charge >= 0.3 is 0 Å². The molecule has 0 aliphatic heterocycles. The van der Waals surface area contributed by atoms with E-state index in [4.69, 9.17) is 0 Å². The van der Waals surface area contributed by atoms with Crippen molar-refractivity contribution in [3.63, 3.8) is 0 Å². The third-order valence-corrected chi connectivity index (χ3v) is 5.32. The van der Waals surface area contributed by atoms with Crippen molar-refractivity contribution in [3.05, 3.63) is 99.9 Å². The minimum Gasteiger partial charge on any atom is -0.206 e. The van der Waals surface area contributed by atoms with Crippen molar-refractivity contribution < 1.29 is 22.0 Å². The van der Waals surface area contributed by atoms with Crippen LogP contribution in [0.1, 0.15) is 29.2 Å². The quantitative estimate of drug-likeness (QED) is 0.335. The molecule has 0 aromatic heterocycles. The number of hydrogen-bond donors (Lipinski definition) is 0. The summed E-state index contributed by atoms with van der Waals surface area (Å²) < 4.78 is 69.4. The van der Waals surface area contributed by atoms with Crippen LogP contribution in [0.4, 0.5) is 22.0 Å². The summed E-state index contributed by atoms with van der Waals surface area (Å²) in [6.07, 6.45) is 3.39. The SMILES string of the molecule is CCc1ccc(C2=CCc3cc(-c4cc(F)c(F)c(F)c4)c(F)cc3C2)c(F)c1. The zero-order chi connectivity index (χ0) is 20.7. The highest BCUT2D eigenvalue weighted by Crippen LogP contribution is 2.34. The van der Waals surface area contributed by atoms with Crippen LogP contribution in [0.25, 0.3) is 16.7 Å². The fourth-order valence-corrected chi connectivity index (χ4v) is 3.70. The topological polar surface area (TPSA) is 0 Å². The Kier molecular flexibility index (Phi) is 4.99. The Hall–Kier alpha value is -2.95. The lowest BCUT2D eigenvalue weighted by atomic mass is 9.85. The van der Waals surface area contributed by atoms with Crippen molar-refractivity contribution in [1.82, 2.24) is 0 Å². The number of hydrogen-bond acceptors (Lipinski definition) is 0. The Morgan fingerprint density at radius 1 is 0.724 bits per heavy atom. The van der Waals surface area contributed by atoms with Crippen molar-refractivity contribution >= 4 is 5.57 Å². The molecular weight excluding hydrogens is 383 g/mol. The molecular formula is C24H17F5. The minimum absolute atomic E-state index is 0.00289. The van der Waals surface area contributed by atoms with Gasteiger partial charge in [0.2, 0.25) is 0 Å². The predicted molar refractivity (Wildman–Crippen MR) is 103 cm³/mol. The first-order valence-corrected chi connectivity index (χ1v) is 9.31. The lowest BCUT2D eigenvalue weighted by Gasteiger charge is -2.20. The highest BCUT2D eigenvalue weighted by atomic mass is 19.2. The molecule has 0 unspecified atom stereocenters. The van der Waals surface area contributed by atoms with E-state index in [0.29, 0.717) is 24.0 Å². The highest BCUT2D eigenvalue weighted by molar-refractivity contribution is 5.73. The molecule has 0 N–H and O–H groups in total. The molecule has 0 radical (unpaired) electrons. The summed E-state index contributed by atoms with van der Waals surface area (Å²) in [7, 11) is 0. The molecule has 0 nitrogen and oxygen atoms in total. The molecule has 148 valence electrons. The van der Waals surface area contributed by atoms with Gasteiger partial charge in [-0.25, -0.2) is 22.0 Å². The van der Waals surface area contributed by atoms with Crippen LogP contribution in [-0.4, -0.2) is 0 Å². The lowest BCUT2D eigenvalue weighted by molar-refractivity contribution is 0.447. The number of allylic oxidation sites excluding steroid dienone is 2. The summed E-state index contributed by atoms with van der Waals surface area (Å²) in [6, 6.07) is 9.48. The molecule has 0 saturated heterocycles. The van der Waals surface area contributed by atoms with E-state index in [9.17, 15) is 22.0 Å². The highest BCUT2D eigenvalue weighted by Gasteiger charge is 2.20. The van der Waals surface area contributed by atoms with Crippen LogP contribution < -0.4 is 0 Å². The molecule has 0 amide bonds. The van der Waals surface area contributed by atoms with Gasteiger partial charge in [-0.15, -0.1) is 0 Å². The molecule has 0 bridgehead atoms. The van der Waals surface area contributed by atoms with E-state index in [1.54, 1.807) is 6.07 Å². The Bertz CT molecular complexity index is 1120. The molecule has 1 aliphatic carbocycles. The number of halogens is 5. The van der Waals surface area contributed by atoms with Crippen LogP contribution in [0.3, 0.4) is 0 Å². The van der Waals surface area contributed by atoms with Crippen molar-refractivity contribution in [3.8, 4) is 11.1 Å². The van der Waals surface area contributed by atoms with Crippen LogP contribution in [-0.2, 0) is 19.3 Å². The van der Waals surface area contributed by atoms with Crippen molar-refractivity contribution in [2.45, 2.75) is 26.2 Å². The number of aryl methyl sites for hydroxylation is 1. The van der Waals surface area contributed by atoms with E-state index in [1.165, 1.54) is 18.2 Å². The average Bonchev–Trinajstić information content (AvgIpc) is 2.70. The summed E-state index contributed by atoms with van der Waals surface area (Å²) in [4.78, 5) is 0. The molecule has 0 saturated carbocycles. The molecule has 0 heterocycles. The van der Waals surface area contributed by atoms with Gasteiger partial charge in [0.15, 0.2) is 17.5 Å². The Balaban J connectivity index is 1.70. The molecule has 3 aromatic rings. The largest absolute Gasteiger partial charge is 0.206 e. The van der Waals surface area contributed by atoms with Crippen molar-refractivity contribution in [2.24, 2.45) is 0 Å². The van der Waals surface area contributed by atoms with Crippen molar-refractivity contribution in [2.75, 3.05) is 0 Å². The van der Waals surface area contributed by atoms with Crippen LogP contribution in [0.5, 0.6) is 0 Å². The van der Waals surface area contributed by atoms with Gasteiger partial charge in [0.05, 0.1) is 0 Å². The smallest absolute Gasteiger partial charge is 0.194 e. The molecule has 0 fully saturated rings. The monoisotopic (exact) mass is 400 g/mol. The van der Waals surface area contributed by atoms with E-state index in [1.807, 2.05) is 19.1 Å². The van der Waals surface area contributed by atoms with Crippen LogP contribution in [0, 0.1) is 29.1 Å². The van der Waals surface area contributed by atoms with Gasteiger partial charge < -0.3 is 0 Å². The zero-order valence-electron chi connectivity index (χ0n) is 15.6. The lowest BCUT2D eigenvalue weighted by Crippen LogP contribution is -2.06. The summed E-state index contributed by atoms with van der Waals surface area (Å²) in [6.45, 7) is 1.95. The standard InChI is InChI=1S/C24H17F5/c1-2-13-3-6-18(20(25)7-13)15-5-4-14-9-19(21(26)10-16(14)8-15)17-11-22(27)24(29)23(28)12-17/h3,5-7,9-12H,2,4,8H2,1H3. The molecule has 3 aromatic carbocycles. The fourth-order valence-electron chi connectivity index (χ4n) is 3.70. The van der Waals surface area contributed by atoms with Gasteiger partial charge in [0.1, 0.15) is 11.6 Å². The third kappa shape index (κ3) is 3.57. The summed E-state index contributed by atoms with van der Waals surface area (Å²) in [5.74, 6) is -5.31.